The van der Waals surface area contributed by atoms with E-state index in [-0.39, 0.29) is 23.9 Å². The third kappa shape index (κ3) is 3.22. The molecule has 2 aromatic rings. The Labute approximate surface area is 157 Å². The van der Waals surface area contributed by atoms with Gasteiger partial charge in [0.25, 0.3) is 0 Å². The van der Waals surface area contributed by atoms with Gasteiger partial charge < -0.3 is 20.4 Å². The van der Waals surface area contributed by atoms with Crippen molar-refractivity contribution in [2.75, 3.05) is 39.4 Å². The Bertz CT molecular complexity index is 943. The van der Waals surface area contributed by atoms with Gasteiger partial charge in [-0.25, -0.2) is 13.4 Å². The number of sulfonamides is 1. The van der Waals surface area contributed by atoms with Crippen molar-refractivity contribution in [1.29, 1.82) is 0 Å². The molecule has 3 N–H and O–H groups in total. The molecule has 0 aromatic carbocycles. The molecule has 4 heterocycles. The zero-order valence-electron chi connectivity index (χ0n) is 14.9. The summed E-state index contributed by atoms with van der Waals surface area (Å²) in [6.45, 7) is 2.11. The van der Waals surface area contributed by atoms with Gasteiger partial charge >= 0.3 is 0 Å². The van der Waals surface area contributed by atoms with Crippen LogP contribution in [0.3, 0.4) is 0 Å². The van der Waals surface area contributed by atoms with Crippen LogP contribution >= 0.6 is 0 Å². The molecular formula is C17H23N5O4S. The van der Waals surface area contributed by atoms with Crippen molar-refractivity contribution in [3.05, 3.63) is 24.5 Å². The highest BCUT2D eigenvalue weighted by Gasteiger charge is 2.41. The molecule has 2 aliphatic rings. The number of hydrogen-bond acceptors (Lipinski definition) is 6. The Morgan fingerprint density at radius 1 is 1.22 bits per heavy atom. The smallest absolute Gasteiger partial charge is 0.245 e. The summed E-state index contributed by atoms with van der Waals surface area (Å²) in [4.78, 5) is 21.7. The van der Waals surface area contributed by atoms with E-state index in [0.29, 0.717) is 50.2 Å². The first-order valence-electron chi connectivity index (χ1n) is 9.00. The van der Waals surface area contributed by atoms with Crippen LogP contribution < -0.4 is 5.73 Å². The molecule has 1 amide bonds. The molecule has 0 radical (unpaired) electrons. The molecule has 10 heteroatoms. The summed E-state index contributed by atoms with van der Waals surface area (Å²) in [7, 11) is -3.66. The van der Waals surface area contributed by atoms with Gasteiger partial charge in [-0.3, -0.25) is 4.79 Å². The number of carbonyl (C=O) groups is 1. The lowest BCUT2D eigenvalue weighted by Crippen LogP contribution is -2.61. The fraction of sp³-hybridized carbons (Fsp3) is 0.529. The van der Waals surface area contributed by atoms with Crippen LogP contribution in [-0.4, -0.2) is 78.4 Å². The average Bonchev–Trinajstić information content (AvgIpc) is 3.13. The van der Waals surface area contributed by atoms with Crippen molar-refractivity contribution in [2.24, 2.45) is 5.73 Å². The molecule has 2 aliphatic heterocycles. The monoisotopic (exact) mass is 393 g/mol. The Morgan fingerprint density at radius 3 is 2.63 bits per heavy atom. The molecule has 2 saturated heterocycles. The lowest BCUT2D eigenvalue weighted by atomic mass is 9.89. The zero-order valence-corrected chi connectivity index (χ0v) is 15.7. The number of aromatic amines is 1. The number of carbonyl (C=O) groups excluding carboxylic acids is 1. The quantitative estimate of drug-likeness (QED) is 0.751. The summed E-state index contributed by atoms with van der Waals surface area (Å²) in [5.74, 6) is -0.112. The number of nitrogens with two attached hydrogens (primary N) is 1. The first-order valence-corrected chi connectivity index (χ1v) is 10.4. The van der Waals surface area contributed by atoms with E-state index in [1.165, 1.54) is 10.5 Å². The number of rotatable bonds is 3. The minimum Gasteiger partial charge on any atom is -0.381 e. The fourth-order valence-electron chi connectivity index (χ4n) is 3.68. The number of H-pyrrole nitrogens is 1. The normalized spacial score (nSPS) is 21.4. The van der Waals surface area contributed by atoms with Crippen LogP contribution in [0.1, 0.15) is 12.8 Å². The van der Waals surface area contributed by atoms with E-state index >= 15 is 0 Å². The van der Waals surface area contributed by atoms with Crippen molar-refractivity contribution in [2.45, 2.75) is 23.3 Å². The summed E-state index contributed by atoms with van der Waals surface area (Å²) >= 11 is 0. The van der Waals surface area contributed by atoms with Gasteiger partial charge in [0, 0.05) is 57.2 Å². The molecule has 0 atom stereocenters. The minimum atomic E-state index is -3.66. The molecular weight excluding hydrogens is 370 g/mol. The number of pyridine rings is 1. The summed E-state index contributed by atoms with van der Waals surface area (Å²) in [6, 6.07) is 3.44. The van der Waals surface area contributed by atoms with E-state index in [9.17, 15) is 13.2 Å². The standard InChI is InChI=1S/C17H23N5O4S/c18-17(3-10-26-11-4-17)16(23)21-6-8-22(9-7-21)27(24,25)14-12-20-15-13(14)2-1-5-19-15/h1-2,5,12H,3-4,6-11,18H2,(H,19,20). The molecule has 9 nitrogen and oxygen atoms in total. The van der Waals surface area contributed by atoms with E-state index in [2.05, 4.69) is 9.97 Å². The Hall–Kier alpha value is -2.01. The van der Waals surface area contributed by atoms with Crippen molar-refractivity contribution in [1.82, 2.24) is 19.2 Å². The SMILES string of the molecule is NC1(C(=O)N2CCN(S(=O)(=O)c3c[nH]c4ncccc34)CC2)CCOCC1. The fourth-order valence-corrected chi connectivity index (χ4v) is 5.25. The summed E-state index contributed by atoms with van der Waals surface area (Å²) in [6.07, 6.45) is 4.07. The number of hydrogen-bond donors (Lipinski definition) is 2. The Balaban J connectivity index is 1.48. The number of aromatic nitrogens is 2. The van der Waals surface area contributed by atoms with Gasteiger partial charge in [0.15, 0.2) is 0 Å². The number of nitrogens with one attached hydrogen (secondary N) is 1. The molecule has 0 bridgehead atoms. The minimum absolute atomic E-state index is 0.112. The Morgan fingerprint density at radius 2 is 1.93 bits per heavy atom. The van der Waals surface area contributed by atoms with E-state index in [0.717, 1.165) is 0 Å². The van der Waals surface area contributed by atoms with Gasteiger partial charge in [-0.1, -0.05) is 0 Å². The first kappa shape index (κ1) is 18.4. The van der Waals surface area contributed by atoms with Crippen molar-refractivity contribution < 1.29 is 17.9 Å². The second kappa shape index (κ2) is 6.86. The van der Waals surface area contributed by atoms with Crippen LogP contribution in [0.15, 0.2) is 29.4 Å². The average molecular weight is 393 g/mol. The highest BCUT2D eigenvalue weighted by molar-refractivity contribution is 7.89. The molecule has 27 heavy (non-hydrogen) atoms. The number of amides is 1. The highest BCUT2D eigenvalue weighted by Crippen LogP contribution is 2.26. The maximum Gasteiger partial charge on any atom is 0.245 e. The first-order chi connectivity index (χ1) is 12.9. The van der Waals surface area contributed by atoms with E-state index in [1.54, 1.807) is 23.2 Å². The van der Waals surface area contributed by atoms with Crippen molar-refractivity contribution >= 4 is 27.0 Å². The third-order valence-electron chi connectivity index (χ3n) is 5.37. The van der Waals surface area contributed by atoms with E-state index < -0.39 is 15.6 Å². The predicted octanol–water partition coefficient (Wildman–Crippen LogP) is -0.0963. The van der Waals surface area contributed by atoms with E-state index in [1.807, 2.05) is 0 Å². The molecule has 0 aliphatic carbocycles. The maximum absolute atomic E-state index is 13.0. The van der Waals surface area contributed by atoms with Gasteiger partial charge in [-0.15, -0.1) is 0 Å². The number of piperazine rings is 1. The van der Waals surface area contributed by atoms with Gasteiger partial charge in [0.05, 0.1) is 5.54 Å². The maximum atomic E-state index is 13.0. The molecule has 0 saturated carbocycles. The van der Waals surface area contributed by atoms with Gasteiger partial charge in [-0.2, -0.15) is 4.31 Å². The molecule has 4 rings (SSSR count). The van der Waals surface area contributed by atoms with Gasteiger partial charge in [0.2, 0.25) is 15.9 Å². The highest BCUT2D eigenvalue weighted by atomic mass is 32.2. The molecule has 146 valence electrons. The second-order valence-corrected chi connectivity index (χ2v) is 8.92. The third-order valence-corrected chi connectivity index (χ3v) is 7.31. The lowest BCUT2D eigenvalue weighted by Gasteiger charge is -2.40. The largest absolute Gasteiger partial charge is 0.381 e. The molecule has 2 fully saturated rings. The number of fused-ring (bicyclic) bond motifs is 1. The Kier molecular flexibility index (Phi) is 4.66. The zero-order chi connectivity index (χ0) is 19.1. The molecule has 2 aromatic heterocycles. The predicted molar refractivity (Wildman–Crippen MR) is 98.4 cm³/mol. The van der Waals surface area contributed by atoms with E-state index in [4.69, 9.17) is 10.5 Å². The summed E-state index contributed by atoms with van der Waals surface area (Å²) in [5.41, 5.74) is 5.91. The van der Waals surface area contributed by atoms with Crippen LogP contribution in [0.25, 0.3) is 11.0 Å². The van der Waals surface area contributed by atoms with Crippen molar-refractivity contribution in [3.8, 4) is 0 Å². The van der Waals surface area contributed by atoms with Crippen LogP contribution in [-0.2, 0) is 19.6 Å². The van der Waals surface area contributed by atoms with Crippen molar-refractivity contribution in [3.63, 3.8) is 0 Å². The topological polar surface area (TPSA) is 122 Å². The second-order valence-electron chi connectivity index (χ2n) is 7.02. The van der Waals surface area contributed by atoms with Gasteiger partial charge in [0.1, 0.15) is 10.5 Å². The molecule has 0 spiro atoms. The lowest BCUT2D eigenvalue weighted by molar-refractivity contribution is -0.141. The van der Waals surface area contributed by atoms with Crippen LogP contribution in [0.5, 0.6) is 0 Å². The summed E-state index contributed by atoms with van der Waals surface area (Å²) in [5, 5.41) is 0.569. The van der Waals surface area contributed by atoms with Gasteiger partial charge in [-0.05, 0) is 25.0 Å². The summed E-state index contributed by atoms with van der Waals surface area (Å²) < 4.78 is 32.8. The van der Waals surface area contributed by atoms with Crippen LogP contribution in [0.4, 0.5) is 0 Å². The van der Waals surface area contributed by atoms with Crippen LogP contribution in [0.2, 0.25) is 0 Å². The number of nitrogens with zero attached hydrogens (tertiary/aromatic N) is 3. The molecule has 0 unspecified atom stereocenters. The van der Waals surface area contributed by atoms with Crippen LogP contribution in [0, 0.1) is 0 Å². The number of ether oxygens (including phenoxy) is 1.